The van der Waals surface area contributed by atoms with Crippen molar-refractivity contribution in [2.45, 2.75) is 135 Å². The van der Waals surface area contributed by atoms with Crippen LogP contribution < -0.4 is 10.4 Å². The standard InChI is InChI=1S/C34H52BN3O5/c1-30(2,3)41-29(40)36-17-14-34(15-18-36)26-12-11-23(35-42-32(6,7)33(8,9)43-35)19-27(26)38(28(34)39)25-20-24(21-25)37-16-10-13-31(4,5)22-37/h11-12,19,24-25H,10,13-18,20-22H2,1-9H3. The van der Waals surface area contributed by atoms with E-state index in [0.717, 1.165) is 42.6 Å². The van der Waals surface area contributed by atoms with Gasteiger partial charge in [0.15, 0.2) is 0 Å². The predicted octanol–water partition coefficient (Wildman–Crippen LogP) is 5.25. The first-order valence-electron chi connectivity index (χ1n) is 16.5. The molecule has 2 amide bonds. The zero-order valence-corrected chi connectivity index (χ0v) is 27.9. The largest absolute Gasteiger partial charge is 0.494 e. The first-order valence-corrected chi connectivity index (χ1v) is 16.5. The molecule has 6 rings (SSSR count). The van der Waals surface area contributed by atoms with Gasteiger partial charge < -0.3 is 23.8 Å². The number of likely N-dealkylation sites (tertiary alicyclic amines) is 2. The Bertz CT molecular complexity index is 1260. The van der Waals surface area contributed by atoms with Crippen LogP contribution in [0.4, 0.5) is 10.5 Å². The van der Waals surface area contributed by atoms with Crippen molar-refractivity contribution in [3.05, 3.63) is 23.8 Å². The minimum Gasteiger partial charge on any atom is -0.444 e. The van der Waals surface area contributed by atoms with Gasteiger partial charge in [-0.25, -0.2) is 4.79 Å². The van der Waals surface area contributed by atoms with E-state index in [1.165, 1.54) is 12.8 Å². The van der Waals surface area contributed by atoms with Gasteiger partial charge in [-0.3, -0.25) is 9.69 Å². The van der Waals surface area contributed by atoms with Crippen molar-refractivity contribution in [2.24, 2.45) is 5.41 Å². The fraction of sp³-hybridized carbons (Fsp3) is 0.765. The number of carbonyl (C=O) groups is 2. The van der Waals surface area contributed by atoms with E-state index in [2.05, 4.69) is 69.5 Å². The molecule has 236 valence electrons. The monoisotopic (exact) mass is 593 g/mol. The second-order valence-corrected chi connectivity index (χ2v) is 16.6. The topological polar surface area (TPSA) is 71.6 Å². The lowest BCUT2D eigenvalue weighted by Gasteiger charge is -2.51. The molecule has 4 fully saturated rings. The molecule has 1 aromatic carbocycles. The van der Waals surface area contributed by atoms with Gasteiger partial charge in [-0.1, -0.05) is 26.0 Å². The molecule has 0 radical (unpaired) electrons. The maximum atomic E-state index is 14.6. The van der Waals surface area contributed by atoms with Crippen LogP contribution in [0.25, 0.3) is 0 Å². The van der Waals surface area contributed by atoms with Gasteiger partial charge in [0, 0.05) is 37.4 Å². The molecule has 0 unspecified atom stereocenters. The molecule has 1 spiro atoms. The van der Waals surface area contributed by atoms with Crippen molar-refractivity contribution >= 4 is 30.3 Å². The van der Waals surface area contributed by atoms with Crippen molar-refractivity contribution in [1.29, 1.82) is 0 Å². The minimum absolute atomic E-state index is 0.179. The van der Waals surface area contributed by atoms with Gasteiger partial charge >= 0.3 is 13.2 Å². The number of nitrogens with zero attached hydrogens (tertiary/aromatic N) is 3. The quantitative estimate of drug-likeness (QED) is 0.446. The van der Waals surface area contributed by atoms with Gasteiger partial charge in [0.05, 0.1) is 16.6 Å². The van der Waals surface area contributed by atoms with Crippen LogP contribution in [-0.4, -0.2) is 84.0 Å². The minimum atomic E-state index is -0.624. The van der Waals surface area contributed by atoms with E-state index in [9.17, 15) is 9.59 Å². The van der Waals surface area contributed by atoms with E-state index in [1.54, 1.807) is 4.90 Å². The van der Waals surface area contributed by atoms with Crippen LogP contribution in [0.2, 0.25) is 0 Å². The van der Waals surface area contributed by atoms with Gasteiger partial charge in [0.25, 0.3) is 0 Å². The fourth-order valence-corrected chi connectivity index (χ4v) is 7.83. The van der Waals surface area contributed by atoms with Crippen LogP contribution in [0.3, 0.4) is 0 Å². The highest BCUT2D eigenvalue weighted by molar-refractivity contribution is 6.62. The average Bonchev–Trinajstić information content (AvgIpc) is 3.22. The van der Waals surface area contributed by atoms with Crippen LogP contribution in [0, 0.1) is 5.41 Å². The van der Waals surface area contributed by atoms with Crippen LogP contribution in [0.5, 0.6) is 0 Å². The number of anilines is 1. The van der Waals surface area contributed by atoms with Gasteiger partial charge in [0.2, 0.25) is 5.91 Å². The molecular weight excluding hydrogens is 541 g/mol. The Morgan fingerprint density at radius 3 is 2.14 bits per heavy atom. The van der Waals surface area contributed by atoms with E-state index in [0.29, 0.717) is 37.4 Å². The number of hydrogen-bond acceptors (Lipinski definition) is 6. The van der Waals surface area contributed by atoms with E-state index in [4.69, 9.17) is 14.0 Å². The van der Waals surface area contributed by atoms with E-state index < -0.39 is 29.3 Å². The lowest BCUT2D eigenvalue weighted by molar-refractivity contribution is -0.126. The molecule has 1 aromatic rings. The van der Waals surface area contributed by atoms with Gasteiger partial charge in [-0.2, -0.15) is 0 Å². The third kappa shape index (κ3) is 5.41. The molecule has 0 N–H and O–H groups in total. The summed E-state index contributed by atoms with van der Waals surface area (Å²) in [7, 11) is -0.484. The Morgan fingerprint density at radius 2 is 1.56 bits per heavy atom. The number of ether oxygens (including phenoxy) is 1. The third-order valence-corrected chi connectivity index (χ3v) is 11.1. The summed E-state index contributed by atoms with van der Waals surface area (Å²) in [4.78, 5) is 34.0. The maximum Gasteiger partial charge on any atom is 0.494 e. The molecule has 4 heterocycles. The number of benzene rings is 1. The van der Waals surface area contributed by atoms with E-state index in [-0.39, 0.29) is 18.0 Å². The normalized spacial score (nSPS) is 29.5. The van der Waals surface area contributed by atoms with Crippen molar-refractivity contribution in [1.82, 2.24) is 9.80 Å². The summed E-state index contributed by atoms with van der Waals surface area (Å²) >= 11 is 0. The third-order valence-electron chi connectivity index (χ3n) is 11.1. The molecule has 0 aromatic heterocycles. The summed E-state index contributed by atoms with van der Waals surface area (Å²) < 4.78 is 18.5. The summed E-state index contributed by atoms with van der Waals surface area (Å²) in [5, 5.41) is 0. The lowest BCUT2D eigenvalue weighted by atomic mass is 9.71. The van der Waals surface area contributed by atoms with E-state index in [1.807, 2.05) is 20.8 Å². The molecule has 0 bridgehead atoms. The molecule has 0 atom stereocenters. The smallest absolute Gasteiger partial charge is 0.444 e. The van der Waals surface area contributed by atoms with Gasteiger partial charge in [-0.05, 0) is 116 Å². The van der Waals surface area contributed by atoms with Crippen LogP contribution in [-0.2, 0) is 24.3 Å². The lowest BCUT2D eigenvalue weighted by Crippen LogP contribution is -2.59. The Hall–Kier alpha value is -2.10. The number of rotatable bonds is 3. The van der Waals surface area contributed by atoms with Crippen molar-refractivity contribution in [3.8, 4) is 0 Å². The fourth-order valence-electron chi connectivity index (χ4n) is 7.83. The SMILES string of the molecule is CC1(C)CCCN(C2CC(N3C(=O)C4(CCN(C(=O)OC(C)(C)C)CC4)c4ccc(B5OC(C)(C)C(C)(C)O5)cc43)C2)C1. The zero-order valence-electron chi connectivity index (χ0n) is 27.9. The Labute approximate surface area is 258 Å². The summed E-state index contributed by atoms with van der Waals surface area (Å²) in [6, 6.07) is 7.08. The first kappa shape index (κ1) is 30.9. The van der Waals surface area contributed by atoms with Crippen LogP contribution in [0.15, 0.2) is 18.2 Å². The maximum absolute atomic E-state index is 14.6. The number of hydrogen-bond donors (Lipinski definition) is 0. The first-order chi connectivity index (χ1) is 19.9. The molecule has 9 heteroatoms. The second kappa shape index (κ2) is 10.2. The number of fused-ring (bicyclic) bond motifs is 2. The average molecular weight is 594 g/mol. The highest BCUT2D eigenvalue weighted by Crippen LogP contribution is 2.51. The molecule has 8 nitrogen and oxygen atoms in total. The van der Waals surface area contributed by atoms with E-state index >= 15 is 0 Å². The van der Waals surface area contributed by atoms with Crippen LogP contribution in [0.1, 0.15) is 106 Å². The Morgan fingerprint density at radius 1 is 0.930 bits per heavy atom. The molecule has 3 saturated heterocycles. The van der Waals surface area contributed by atoms with Crippen molar-refractivity contribution in [2.75, 3.05) is 31.1 Å². The predicted molar refractivity (Wildman–Crippen MR) is 170 cm³/mol. The molecule has 1 aliphatic carbocycles. The molecule has 5 aliphatic rings. The van der Waals surface area contributed by atoms with Crippen molar-refractivity contribution < 1.29 is 23.6 Å². The number of piperidine rings is 2. The van der Waals surface area contributed by atoms with Crippen LogP contribution >= 0.6 is 0 Å². The highest BCUT2D eigenvalue weighted by Gasteiger charge is 2.57. The molecule has 4 aliphatic heterocycles. The second-order valence-electron chi connectivity index (χ2n) is 16.6. The molecule has 43 heavy (non-hydrogen) atoms. The number of amides is 2. The summed E-state index contributed by atoms with van der Waals surface area (Å²) in [6.45, 7) is 22.0. The number of carbonyl (C=O) groups excluding carboxylic acids is 2. The summed E-state index contributed by atoms with van der Waals surface area (Å²) in [5.74, 6) is 0.194. The Kier molecular flexibility index (Phi) is 7.34. The summed E-state index contributed by atoms with van der Waals surface area (Å²) in [5.41, 5.74) is 1.34. The van der Waals surface area contributed by atoms with Crippen molar-refractivity contribution in [3.63, 3.8) is 0 Å². The summed E-state index contributed by atoms with van der Waals surface area (Å²) in [6.07, 6.45) is 5.43. The van der Waals surface area contributed by atoms with Gasteiger partial charge in [0.1, 0.15) is 5.60 Å². The molecular formula is C34H52BN3O5. The Balaban J connectivity index is 1.27. The van der Waals surface area contributed by atoms with Gasteiger partial charge in [-0.15, -0.1) is 0 Å². The molecule has 1 saturated carbocycles. The highest BCUT2D eigenvalue weighted by atomic mass is 16.7. The zero-order chi connectivity index (χ0) is 31.2.